The van der Waals surface area contributed by atoms with Crippen molar-refractivity contribution in [3.8, 4) is 0 Å². The summed E-state index contributed by atoms with van der Waals surface area (Å²) in [6.45, 7) is 1.13. The Bertz CT molecular complexity index is 541. The fraction of sp³-hybridized carbons (Fsp3) is 0.571. The zero-order valence-electron chi connectivity index (χ0n) is 11.8. The Balaban J connectivity index is 1.92. The Morgan fingerprint density at radius 3 is 2.45 bits per heavy atom. The number of sulfonamides is 1. The van der Waals surface area contributed by atoms with Gasteiger partial charge >= 0.3 is 0 Å². The van der Waals surface area contributed by atoms with Gasteiger partial charge in [-0.3, -0.25) is 0 Å². The predicted molar refractivity (Wildman–Crippen MR) is 82.4 cm³/mol. The summed E-state index contributed by atoms with van der Waals surface area (Å²) in [5.74, 6) is 0.653. The molecule has 1 fully saturated rings. The topological polar surface area (TPSA) is 49.4 Å². The van der Waals surface area contributed by atoms with Gasteiger partial charge in [0.2, 0.25) is 10.0 Å². The van der Waals surface area contributed by atoms with Crippen LogP contribution >= 0.6 is 11.6 Å². The van der Waals surface area contributed by atoms with Gasteiger partial charge in [0, 0.05) is 31.2 Å². The van der Waals surface area contributed by atoms with Gasteiger partial charge in [-0.2, -0.15) is 0 Å². The molecule has 0 saturated heterocycles. The summed E-state index contributed by atoms with van der Waals surface area (Å²) in [5.41, 5.74) is 1.22. The van der Waals surface area contributed by atoms with Gasteiger partial charge in [0.05, 0.1) is 6.26 Å². The summed E-state index contributed by atoms with van der Waals surface area (Å²) in [4.78, 5) is 0. The molecule has 4 nitrogen and oxygen atoms in total. The Labute approximate surface area is 126 Å². The van der Waals surface area contributed by atoms with Crippen molar-refractivity contribution in [1.29, 1.82) is 0 Å². The van der Waals surface area contributed by atoms with Crippen LogP contribution in [0.2, 0.25) is 5.02 Å². The van der Waals surface area contributed by atoms with Gasteiger partial charge < -0.3 is 5.32 Å². The molecule has 1 aromatic rings. The van der Waals surface area contributed by atoms with Crippen LogP contribution in [0.4, 0.5) is 0 Å². The standard InChI is InChI=1S/C14H21ClN2O2S/c1-17(20(2,18)19)10-9-16-14(11-3-4-11)12-5-7-13(15)8-6-12/h5-8,11,14,16H,3-4,9-10H2,1-2H3/t14-/m0/s1. The van der Waals surface area contributed by atoms with Crippen LogP contribution in [0.3, 0.4) is 0 Å². The van der Waals surface area contributed by atoms with Crippen LogP contribution in [0.5, 0.6) is 0 Å². The van der Waals surface area contributed by atoms with Crippen LogP contribution < -0.4 is 5.32 Å². The van der Waals surface area contributed by atoms with Crippen molar-refractivity contribution in [2.75, 3.05) is 26.4 Å². The quantitative estimate of drug-likeness (QED) is 0.839. The molecule has 112 valence electrons. The lowest BCUT2D eigenvalue weighted by atomic mass is 10.0. The van der Waals surface area contributed by atoms with Gasteiger partial charge in [0.15, 0.2) is 0 Å². The van der Waals surface area contributed by atoms with E-state index in [-0.39, 0.29) is 0 Å². The average Bonchev–Trinajstić information content (AvgIpc) is 3.19. The Morgan fingerprint density at radius 1 is 1.35 bits per heavy atom. The van der Waals surface area contributed by atoms with Crippen molar-refractivity contribution in [2.24, 2.45) is 5.92 Å². The summed E-state index contributed by atoms with van der Waals surface area (Å²) in [5, 5.41) is 4.21. The van der Waals surface area contributed by atoms with Gasteiger partial charge in [0.1, 0.15) is 0 Å². The fourth-order valence-electron chi connectivity index (χ4n) is 2.20. The van der Waals surface area contributed by atoms with Gasteiger partial charge in [-0.25, -0.2) is 12.7 Å². The fourth-order valence-corrected chi connectivity index (χ4v) is 2.75. The maximum atomic E-state index is 11.3. The van der Waals surface area contributed by atoms with E-state index in [2.05, 4.69) is 5.32 Å². The second kappa shape index (κ2) is 6.43. The van der Waals surface area contributed by atoms with Crippen molar-refractivity contribution in [2.45, 2.75) is 18.9 Å². The number of likely N-dealkylation sites (N-methyl/N-ethyl adjacent to an activating group) is 1. The van der Waals surface area contributed by atoms with Crippen molar-refractivity contribution >= 4 is 21.6 Å². The third kappa shape index (κ3) is 4.45. The number of rotatable bonds is 7. The van der Waals surface area contributed by atoms with Crippen LogP contribution in [0.1, 0.15) is 24.4 Å². The second-order valence-corrected chi connectivity index (χ2v) is 7.93. The molecule has 1 aliphatic carbocycles. The molecular weight excluding hydrogens is 296 g/mol. The van der Waals surface area contributed by atoms with E-state index in [4.69, 9.17) is 11.6 Å². The molecule has 2 rings (SSSR count). The van der Waals surface area contributed by atoms with E-state index in [0.717, 1.165) is 5.02 Å². The number of benzene rings is 1. The first kappa shape index (κ1) is 15.8. The number of hydrogen-bond donors (Lipinski definition) is 1. The van der Waals surface area contributed by atoms with Gasteiger partial charge in [-0.15, -0.1) is 0 Å². The van der Waals surface area contributed by atoms with Crippen molar-refractivity contribution in [3.05, 3.63) is 34.9 Å². The van der Waals surface area contributed by atoms with Crippen LogP contribution in [0.15, 0.2) is 24.3 Å². The summed E-state index contributed by atoms with van der Waals surface area (Å²) < 4.78 is 24.1. The minimum absolute atomic E-state index is 0.292. The molecular formula is C14H21ClN2O2S. The summed E-state index contributed by atoms with van der Waals surface area (Å²) >= 11 is 5.91. The molecule has 0 amide bonds. The lowest BCUT2D eigenvalue weighted by Crippen LogP contribution is -2.35. The Morgan fingerprint density at radius 2 is 1.95 bits per heavy atom. The number of nitrogens with zero attached hydrogens (tertiary/aromatic N) is 1. The first-order chi connectivity index (χ1) is 9.38. The molecule has 0 aromatic heterocycles. The highest BCUT2D eigenvalue weighted by molar-refractivity contribution is 7.88. The number of hydrogen-bond acceptors (Lipinski definition) is 3. The molecule has 6 heteroatoms. The largest absolute Gasteiger partial charge is 0.308 e. The second-order valence-electron chi connectivity index (χ2n) is 5.41. The number of nitrogens with one attached hydrogen (secondary N) is 1. The predicted octanol–water partition coefficient (Wildman–Crippen LogP) is 2.27. The molecule has 0 spiro atoms. The maximum absolute atomic E-state index is 11.3. The van der Waals surface area contributed by atoms with E-state index in [1.807, 2.05) is 24.3 Å². The third-order valence-corrected chi connectivity index (χ3v) is 5.25. The highest BCUT2D eigenvalue weighted by Crippen LogP contribution is 2.41. The van der Waals surface area contributed by atoms with E-state index in [1.165, 1.54) is 29.0 Å². The van der Waals surface area contributed by atoms with E-state index < -0.39 is 10.0 Å². The zero-order chi connectivity index (χ0) is 14.8. The first-order valence-corrected chi connectivity index (χ1v) is 9.00. The summed E-state index contributed by atoms with van der Waals surface area (Å²) in [7, 11) is -1.50. The number of halogens is 1. The van der Waals surface area contributed by atoms with E-state index in [1.54, 1.807) is 7.05 Å². The van der Waals surface area contributed by atoms with E-state index >= 15 is 0 Å². The van der Waals surface area contributed by atoms with Crippen LogP contribution in [-0.4, -0.2) is 39.1 Å². The smallest absolute Gasteiger partial charge is 0.210 e. The molecule has 20 heavy (non-hydrogen) atoms. The first-order valence-electron chi connectivity index (χ1n) is 6.78. The Hall–Kier alpha value is -0.620. The average molecular weight is 317 g/mol. The van der Waals surface area contributed by atoms with Crippen LogP contribution in [-0.2, 0) is 10.0 Å². The van der Waals surface area contributed by atoms with Gasteiger partial charge in [0.25, 0.3) is 0 Å². The monoisotopic (exact) mass is 316 g/mol. The van der Waals surface area contributed by atoms with E-state index in [0.29, 0.717) is 25.0 Å². The molecule has 1 aliphatic rings. The molecule has 0 aliphatic heterocycles. The molecule has 0 heterocycles. The molecule has 0 bridgehead atoms. The zero-order valence-corrected chi connectivity index (χ0v) is 13.4. The molecule has 0 radical (unpaired) electrons. The van der Waals surface area contributed by atoms with Gasteiger partial charge in [-0.1, -0.05) is 23.7 Å². The lowest BCUT2D eigenvalue weighted by Gasteiger charge is -2.21. The highest BCUT2D eigenvalue weighted by Gasteiger charge is 2.31. The normalized spacial score (nSPS) is 17.4. The maximum Gasteiger partial charge on any atom is 0.210 e. The Kier molecular flexibility index (Phi) is 5.07. The van der Waals surface area contributed by atoms with Gasteiger partial charge in [-0.05, 0) is 36.5 Å². The molecule has 0 unspecified atom stereocenters. The van der Waals surface area contributed by atoms with Crippen LogP contribution in [0, 0.1) is 5.92 Å². The molecule has 1 N–H and O–H groups in total. The molecule has 1 saturated carbocycles. The van der Waals surface area contributed by atoms with E-state index in [9.17, 15) is 8.42 Å². The SMILES string of the molecule is CN(CCN[C@H](c1ccc(Cl)cc1)C1CC1)S(C)(=O)=O. The lowest BCUT2D eigenvalue weighted by molar-refractivity contribution is 0.423. The third-order valence-electron chi connectivity index (χ3n) is 3.68. The molecule has 1 aromatic carbocycles. The molecule has 1 atom stereocenters. The minimum atomic E-state index is -3.10. The van der Waals surface area contributed by atoms with Crippen molar-refractivity contribution < 1.29 is 8.42 Å². The summed E-state index contributed by atoms with van der Waals surface area (Å²) in [6.07, 6.45) is 3.68. The van der Waals surface area contributed by atoms with Crippen molar-refractivity contribution in [3.63, 3.8) is 0 Å². The summed E-state index contributed by atoms with van der Waals surface area (Å²) in [6, 6.07) is 8.17. The van der Waals surface area contributed by atoms with Crippen molar-refractivity contribution in [1.82, 2.24) is 9.62 Å². The minimum Gasteiger partial charge on any atom is -0.308 e. The highest BCUT2D eigenvalue weighted by atomic mass is 35.5. The van der Waals surface area contributed by atoms with Crippen LogP contribution in [0.25, 0.3) is 0 Å².